The monoisotopic (exact) mass is 722 g/mol. The van der Waals surface area contributed by atoms with Gasteiger partial charge in [-0.3, -0.25) is 33.6 Å². The number of hydrogen-bond donors (Lipinski definition) is 3. The standard InChI is InChI=1S/C37H67N7O7/c1-16-23(8)30-37(51)43(14)26(11)35(49)44(15)29(19-22(6)7)33(47)39-28(18-21(4)5)36(50)42(13)25(10)34(48)41(12)24(9)31(45)38-27(17-20(2)3)32(46)40-30/h20-30H,16-19H2,1-15H3,(H,38,45)(H,39,47)(H,40,46). The van der Waals surface area contributed by atoms with E-state index in [-0.39, 0.29) is 42.9 Å². The third-order valence-corrected chi connectivity index (χ3v) is 10.1. The number of amides is 7. The molecule has 0 spiro atoms. The van der Waals surface area contributed by atoms with Crippen molar-refractivity contribution in [2.45, 2.75) is 144 Å². The Labute approximate surface area is 306 Å². The molecule has 0 bridgehead atoms. The predicted molar refractivity (Wildman–Crippen MR) is 197 cm³/mol. The second-order valence-electron chi connectivity index (χ2n) is 15.7. The van der Waals surface area contributed by atoms with Gasteiger partial charge in [0, 0.05) is 28.2 Å². The molecule has 0 radical (unpaired) electrons. The molecular weight excluding hydrogens is 654 g/mol. The first-order valence-electron chi connectivity index (χ1n) is 18.5. The molecule has 8 atom stereocenters. The van der Waals surface area contributed by atoms with Crippen molar-refractivity contribution in [1.29, 1.82) is 0 Å². The summed E-state index contributed by atoms with van der Waals surface area (Å²) in [4.78, 5) is 102. The highest BCUT2D eigenvalue weighted by Crippen LogP contribution is 2.19. The smallest absolute Gasteiger partial charge is 0.245 e. The minimum Gasteiger partial charge on any atom is -0.343 e. The van der Waals surface area contributed by atoms with Crippen LogP contribution in [0.1, 0.15) is 102 Å². The average molecular weight is 722 g/mol. The first-order chi connectivity index (χ1) is 23.5. The maximum atomic E-state index is 14.0. The van der Waals surface area contributed by atoms with Gasteiger partial charge in [-0.25, -0.2) is 0 Å². The van der Waals surface area contributed by atoms with Gasteiger partial charge >= 0.3 is 0 Å². The Morgan fingerprint density at radius 3 is 1.37 bits per heavy atom. The molecule has 14 nitrogen and oxygen atoms in total. The summed E-state index contributed by atoms with van der Waals surface area (Å²) in [7, 11) is 5.93. The lowest BCUT2D eigenvalue weighted by atomic mass is 9.95. The second-order valence-corrected chi connectivity index (χ2v) is 15.7. The average Bonchev–Trinajstić information content (AvgIpc) is 3.07. The molecule has 3 N–H and O–H groups in total. The maximum absolute atomic E-state index is 14.0. The zero-order valence-electron chi connectivity index (χ0n) is 33.8. The molecule has 0 aliphatic carbocycles. The van der Waals surface area contributed by atoms with Crippen LogP contribution >= 0.6 is 0 Å². The summed E-state index contributed by atoms with van der Waals surface area (Å²) in [5.74, 6) is -3.98. The third kappa shape index (κ3) is 12.2. The van der Waals surface area contributed by atoms with Crippen molar-refractivity contribution in [1.82, 2.24) is 35.6 Å². The first kappa shape index (κ1) is 45.3. The van der Waals surface area contributed by atoms with Crippen molar-refractivity contribution in [2.75, 3.05) is 28.2 Å². The minimum atomic E-state index is -1.01. The van der Waals surface area contributed by atoms with E-state index in [0.717, 1.165) is 0 Å². The molecule has 14 heteroatoms. The van der Waals surface area contributed by atoms with Crippen molar-refractivity contribution >= 4 is 41.4 Å². The highest BCUT2D eigenvalue weighted by atomic mass is 16.2. The zero-order chi connectivity index (χ0) is 39.7. The van der Waals surface area contributed by atoms with Gasteiger partial charge in [-0.05, 0) is 63.7 Å². The van der Waals surface area contributed by atoms with Crippen LogP contribution in [0.25, 0.3) is 0 Å². The molecule has 1 fully saturated rings. The Morgan fingerprint density at radius 2 is 0.902 bits per heavy atom. The van der Waals surface area contributed by atoms with Gasteiger partial charge in [-0.1, -0.05) is 61.8 Å². The van der Waals surface area contributed by atoms with Crippen LogP contribution in [0.2, 0.25) is 0 Å². The Bertz CT molecular complexity index is 1260. The number of rotatable bonds is 8. The zero-order valence-corrected chi connectivity index (χ0v) is 33.8. The van der Waals surface area contributed by atoms with Crippen molar-refractivity contribution in [2.24, 2.45) is 23.7 Å². The molecule has 0 saturated carbocycles. The Hall–Kier alpha value is -3.71. The van der Waals surface area contributed by atoms with Crippen LogP contribution < -0.4 is 16.0 Å². The molecule has 51 heavy (non-hydrogen) atoms. The normalized spacial score (nSPS) is 28.3. The third-order valence-electron chi connectivity index (χ3n) is 10.1. The minimum absolute atomic E-state index is 0.00246. The van der Waals surface area contributed by atoms with Gasteiger partial charge in [0.1, 0.15) is 42.3 Å². The molecule has 0 aromatic carbocycles. The van der Waals surface area contributed by atoms with Crippen LogP contribution in [0.15, 0.2) is 0 Å². The molecule has 1 aliphatic rings. The lowest BCUT2D eigenvalue weighted by Crippen LogP contribution is -2.60. The lowest BCUT2D eigenvalue weighted by Gasteiger charge is -2.36. The second kappa shape index (κ2) is 19.8. The van der Waals surface area contributed by atoms with Gasteiger partial charge < -0.3 is 35.6 Å². The summed E-state index contributed by atoms with van der Waals surface area (Å²) in [6.45, 7) is 19.9. The van der Waals surface area contributed by atoms with E-state index in [1.54, 1.807) is 13.8 Å². The number of carbonyl (C=O) groups excluding carboxylic acids is 7. The van der Waals surface area contributed by atoms with E-state index < -0.39 is 83.6 Å². The molecular formula is C37H67N7O7. The molecule has 1 rings (SSSR count). The van der Waals surface area contributed by atoms with Crippen LogP contribution in [0.4, 0.5) is 0 Å². The van der Waals surface area contributed by atoms with Gasteiger partial charge in [-0.2, -0.15) is 0 Å². The summed E-state index contributed by atoms with van der Waals surface area (Å²) in [5.41, 5.74) is 0. The number of hydrogen-bond acceptors (Lipinski definition) is 7. The van der Waals surface area contributed by atoms with Crippen LogP contribution in [0.3, 0.4) is 0 Å². The van der Waals surface area contributed by atoms with Gasteiger partial charge in [0.25, 0.3) is 0 Å². The Morgan fingerprint density at radius 1 is 0.490 bits per heavy atom. The van der Waals surface area contributed by atoms with Crippen LogP contribution in [0, 0.1) is 23.7 Å². The topological polar surface area (TPSA) is 169 Å². The predicted octanol–water partition coefficient (Wildman–Crippen LogP) is 2.01. The van der Waals surface area contributed by atoms with Crippen LogP contribution in [-0.4, -0.2) is 131 Å². The van der Waals surface area contributed by atoms with Gasteiger partial charge in [0.05, 0.1) is 0 Å². The van der Waals surface area contributed by atoms with Crippen molar-refractivity contribution in [3.63, 3.8) is 0 Å². The van der Waals surface area contributed by atoms with Gasteiger partial charge in [-0.15, -0.1) is 0 Å². The van der Waals surface area contributed by atoms with E-state index in [1.807, 2.05) is 55.4 Å². The van der Waals surface area contributed by atoms with E-state index in [2.05, 4.69) is 16.0 Å². The van der Waals surface area contributed by atoms with Gasteiger partial charge in [0.15, 0.2) is 0 Å². The molecule has 292 valence electrons. The van der Waals surface area contributed by atoms with Crippen molar-refractivity contribution < 1.29 is 33.6 Å². The SMILES string of the molecule is CCC(C)C1NC(=O)C(CC(C)C)NC(=O)C(C)N(C)C(=O)C(C)N(C)C(=O)C(CC(C)C)NC(=O)C(CC(C)C)N(C)C(=O)C(C)N(C)C1=O. The van der Waals surface area contributed by atoms with E-state index in [0.29, 0.717) is 6.42 Å². The Balaban J connectivity index is 3.87. The number of nitrogens with zero attached hydrogens (tertiary/aromatic N) is 4. The fraction of sp³-hybridized carbons (Fsp3) is 0.811. The maximum Gasteiger partial charge on any atom is 0.245 e. The van der Waals surface area contributed by atoms with E-state index in [9.17, 15) is 33.6 Å². The van der Waals surface area contributed by atoms with Crippen LogP contribution in [-0.2, 0) is 33.6 Å². The highest BCUT2D eigenvalue weighted by Gasteiger charge is 2.40. The number of nitrogens with one attached hydrogen (secondary N) is 3. The molecule has 0 aromatic heterocycles. The molecule has 1 saturated heterocycles. The fourth-order valence-electron chi connectivity index (χ4n) is 6.07. The lowest BCUT2D eigenvalue weighted by molar-refractivity contribution is -0.150. The van der Waals surface area contributed by atoms with E-state index in [1.165, 1.54) is 54.7 Å². The quantitative estimate of drug-likeness (QED) is 0.345. The molecule has 1 aliphatic heterocycles. The van der Waals surface area contributed by atoms with E-state index in [4.69, 9.17) is 0 Å². The summed E-state index contributed by atoms with van der Waals surface area (Å²) in [5, 5.41) is 8.52. The molecule has 7 amide bonds. The summed E-state index contributed by atoms with van der Waals surface area (Å²) >= 11 is 0. The van der Waals surface area contributed by atoms with E-state index >= 15 is 0 Å². The van der Waals surface area contributed by atoms with Crippen molar-refractivity contribution in [3.8, 4) is 0 Å². The number of likely N-dealkylation sites (N-methyl/N-ethyl adjacent to an activating group) is 4. The molecule has 8 unspecified atom stereocenters. The first-order valence-corrected chi connectivity index (χ1v) is 18.5. The summed E-state index contributed by atoms with van der Waals surface area (Å²) in [6, 6.07) is -7.00. The molecule has 1 heterocycles. The number of carbonyl (C=O) groups is 7. The summed E-state index contributed by atoms with van der Waals surface area (Å²) in [6.07, 6.45) is 1.37. The molecule has 0 aromatic rings. The van der Waals surface area contributed by atoms with Crippen LogP contribution in [0.5, 0.6) is 0 Å². The largest absolute Gasteiger partial charge is 0.343 e. The summed E-state index contributed by atoms with van der Waals surface area (Å²) < 4.78 is 0. The fourth-order valence-corrected chi connectivity index (χ4v) is 6.07. The highest BCUT2D eigenvalue weighted by molar-refractivity contribution is 5.98. The van der Waals surface area contributed by atoms with Crippen molar-refractivity contribution in [3.05, 3.63) is 0 Å². The Kier molecular flexibility index (Phi) is 17.6. The van der Waals surface area contributed by atoms with Gasteiger partial charge in [0.2, 0.25) is 41.4 Å².